The first-order valence-corrected chi connectivity index (χ1v) is 7.21. The summed E-state index contributed by atoms with van der Waals surface area (Å²) < 4.78 is 0. The SMILES string of the molecule is CC(C)(C)c1ncccn1.CC(C)Cc1ccccc1.[CH3-].[Rh]. The minimum atomic E-state index is 0. The van der Waals surface area contributed by atoms with Gasteiger partial charge in [0.05, 0.1) is 0 Å². The molecule has 3 heteroatoms. The molecule has 22 heavy (non-hydrogen) atoms. The Morgan fingerprint density at radius 1 is 0.909 bits per heavy atom. The summed E-state index contributed by atoms with van der Waals surface area (Å²) in [5.74, 6) is 1.66. The number of rotatable bonds is 2. The van der Waals surface area contributed by atoms with Crippen LogP contribution in [0.25, 0.3) is 0 Å². The van der Waals surface area contributed by atoms with Crippen molar-refractivity contribution in [1.29, 1.82) is 0 Å². The van der Waals surface area contributed by atoms with E-state index in [-0.39, 0.29) is 32.3 Å². The van der Waals surface area contributed by atoms with Gasteiger partial charge in [0, 0.05) is 37.3 Å². The van der Waals surface area contributed by atoms with Gasteiger partial charge in [0.1, 0.15) is 5.82 Å². The van der Waals surface area contributed by atoms with Crippen LogP contribution in [0.4, 0.5) is 0 Å². The minimum Gasteiger partial charge on any atom is -0.358 e. The average Bonchev–Trinajstić information content (AvgIpc) is 2.40. The zero-order valence-electron chi connectivity index (χ0n) is 14.6. The zero-order valence-corrected chi connectivity index (χ0v) is 16.3. The molecule has 2 aromatic rings. The number of hydrogen-bond donors (Lipinski definition) is 0. The Morgan fingerprint density at radius 2 is 1.41 bits per heavy atom. The Bertz CT molecular complexity index is 476. The fraction of sp³-hybridized carbons (Fsp3) is 0.421. The summed E-state index contributed by atoms with van der Waals surface area (Å²) >= 11 is 0. The van der Waals surface area contributed by atoms with Crippen molar-refractivity contribution in [3.8, 4) is 0 Å². The van der Waals surface area contributed by atoms with Gasteiger partial charge in [0.15, 0.2) is 0 Å². The van der Waals surface area contributed by atoms with Gasteiger partial charge in [-0.1, -0.05) is 65.0 Å². The third-order valence-electron chi connectivity index (χ3n) is 2.72. The Labute approximate surface area is 149 Å². The van der Waals surface area contributed by atoms with Gasteiger partial charge in [-0.15, -0.1) is 0 Å². The van der Waals surface area contributed by atoms with Crippen LogP contribution in [0.3, 0.4) is 0 Å². The molecule has 0 aliphatic rings. The molecule has 0 atom stereocenters. The molecule has 2 rings (SSSR count). The third-order valence-corrected chi connectivity index (χ3v) is 2.72. The Kier molecular flexibility index (Phi) is 12.1. The van der Waals surface area contributed by atoms with Crippen LogP contribution < -0.4 is 0 Å². The molecule has 0 amide bonds. The second-order valence-electron chi connectivity index (χ2n) is 6.41. The van der Waals surface area contributed by atoms with E-state index in [1.54, 1.807) is 12.4 Å². The van der Waals surface area contributed by atoms with Crippen LogP contribution in [0.15, 0.2) is 48.8 Å². The molecule has 2 nitrogen and oxygen atoms in total. The van der Waals surface area contributed by atoms with E-state index < -0.39 is 0 Å². The van der Waals surface area contributed by atoms with Crippen LogP contribution in [0.2, 0.25) is 0 Å². The van der Waals surface area contributed by atoms with Crippen LogP contribution in [0.5, 0.6) is 0 Å². The van der Waals surface area contributed by atoms with Crippen molar-refractivity contribution in [2.45, 2.75) is 46.5 Å². The Morgan fingerprint density at radius 3 is 1.77 bits per heavy atom. The molecule has 1 aromatic heterocycles. The minimum absolute atomic E-state index is 0. The number of hydrogen-bond acceptors (Lipinski definition) is 2. The molecule has 0 aliphatic carbocycles. The monoisotopic (exact) mass is 388 g/mol. The molecule has 1 aromatic carbocycles. The predicted octanol–water partition coefficient (Wildman–Crippen LogP) is 5.11. The summed E-state index contributed by atoms with van der Waals surface area (Å²) in [5.41, 5.74) is 1.51. The maximum absolute atomic E-state index is 4.14. The predicted molar refractivity (Wildman–Crippen MR) is 92.1 cm³/mol. The van der Waals surface area contributed by atoms with E-state index in [1.807, 2.05) is 6.07 Å². The summed E-state index contributed by atoms with van der Waals surface area (Å²) in [5, 5.41) is 0. The summed E-state index contributed by atoms with van der Waals surface area (Å²) in [6, 6.07) is 12.4. The number of benzene rings is 1. The van der Waals surface area contributed by atoms with Crippen LogP contribution >= 0.6 is 0 Å². The van der Waals surface area contributed by atoms with Crippen molar-refractivity contribution < 1.29 is 19.5 Å². The largest absolute Gasteiger partial charge is 0.358 e. The summed E-state index contributed by atoms with van der Waals surface area (Å²) in [4.78, 5) is 8.28. The molecular weight excluding hydrogens is 359 g/mol. The Hall–Kier alpha value is -1.08. The third kappa shape index (κ3) is 9.79. The van der Waals surface area contributed by atoms with Crippen molar-refractivity contribution in [1.82, 2.24) is 9.97 Å². The second-order valence-corrected chi connectivity index (χ2v) is 6.41. The van der Waals surface area contributed by atoms with Gasteiger partial charge in [0.2, 0.25) is 0 Å². The van der Waals surface area contributed by atoms with Gasteiger partial charge in [-0.25, -0.2) is 9.97 Å². The van der Waals surface area contributed by atoms with Crippen LogP contribution in [-0.4, -0.2) is 9.97 Å². The van der Waals surface area contributed by atoms with E-state index in [1.165, 1.54) is 12.0 Å². The summed E-state index contributed by atoms with van der Waals surface area (Å²) in [6.07, 6.45) is 4.74. The molecule has 0 N–H and O–H groups in total. The van der Waals surface area contributed by atoms with E-state index in [0.717, 1.165) is 11.7 Å². The summed E-state index contributed by atoms with van der Waals surface area (Å²) in [7, 11) is 0. The molecule has 125 valence electrons. The molecule has 0 spiro atoms. The van der Waals surface area contributed by atoms with Crippen molar-refractivity contribution in [3.05, 3.63) is 67.6 Å². The van der Waals surface area contributed by atoms with E-state index in [2.05, 4.69) is 74.9 Å². The molecule has 0 fully saturated rings. The van der Waals surface area contributed by atoms with Crippen molar-refractivity contribution in [2.24, 2.45) is 5.92 Å². The zero-order chi connectivity index (χ0) is 15.0. The normalized spacial score (nSPS) is 9.91. The standard InChI is InChI=1S/C10H14.C8H12N2.CH3.Rh/c1-9(2)8-10-6-4-3-5-7-10;1-8(2,3)7-9-5-4-6-10-7;;/h3-7,9H,8H2,1-2H3;4-6H,1-3H3;1H3;/q;;-1;. The van der Waals surface area contributed by atoms with Crippen LogP contribution in [0, 0.1) is 13.3 Å². The number of nitrogens with zero attached hydrogens (tertiary/aromatic N) is 2. The molecule has 0 aliphatic heterocycles. The molecule has 1 radical (unpaired) electrons. The molecule has 0 bridgehead atoms. The first-order chi connectivity index (χ1) is 9.39. The molecule has 0 saturated heterocycles. The molecule has 0 saturated carbocycles. The van der Waals surface area contributed by atoms with Crippen LogP contribution in [-0.2, 0) is 31.3 Å². The molecule has 0 unspecified atom stereocenters. The Balaban J connectivity index is 0. The quantitative estimate of drug-likeness (QED) is 0.528. The van der Waals surface area contributed by atoms with Gasteiger partial charge in [-0.3, -0.25) is 0 Å². The van der Waals surface area contributed by atoms with E-state index in [9.17, 15) is 0 Å². The maximum Gasteiger partial charge on any atom is 0.133 e. The fourth-order valence-corrected chi connectivity index (χ4v) is 1.77. The average molecular weight is 388 g/mol. The fourth-order valence-electron chi connectivity index (χ4n) is 1.77. The van der Waals surface area contributed by atoms with Crippen molar-refractivity contribution >= 4 is 0 Å². The van der Waals surface area contributed by atoms with Crippen molar-refractivity contribution in [2.75, 3.05) is 0 Å². The van der Waals surface area contributed by atoms with Gasteiger partial charge in [0.25, 0.3) is 0 Å². The van der Waals surface area contributed by atoms with Gasteiger partial charge < -0.3 is 7.43 Å². The maximum atomic E-state index is 4.14. The van der Waals surface area contributed by atoms with Crippen molar-refractivity contribution in [3.63, 3.8) is 0 Å². The van der Waals surface area contributed by atoms with E-state index in [0.29, 0.717) is 0 Å². The van der Waals surface area contributed by atoms with Gasteiger partial charge in [-0.05, 0) is 24.0 Å². The smallest absolute Gasteiger partial charge is 0.133 e. The number of aromatic nitrogens is 2. The second kappa shape index (κ2) is 11.5. The molecule has 1 heterocycles. The van der Waals surface area contributed by atoms with E-state index in [4.69, 9.17) is 0 Å². The van der Waals surface area contributed by atoms with Crippen LogP contribution in [0.1, 0.15) is 46.0 Å². The molecular formula is C19H29N2Rh-. The van der Waals surface area contributed by atoms with Gasteiger partial charge >= 0.3 is 0 Å². The summed E-state index contributed by atoms with van der Waals surface area (Å²) in [6.45, 7) is 10.8. The first kappa shape index (κ1) is 23.2. The topological polar surface area (TPSA) is 25.8 Å². The first-order valence-electron chi connectivity index (χ1n) is 7.21. The van der Waals surface area contributed by atoms with Gasteiger partial charge in [-0.2, -0.15) is 0 Å². The van der Waals surface area contributed by atoms with E-state index >= 15 is 0 Å².